The third-order valence-corrected chi connectivity index (χ3v) is 3.68. The molecule has 2 rings (SSSR count). The Balaban J connectivity index is 2.20. The number of rotatable bonds is 5. The SMILES string of the molecule is CCSc1cccc(OCc2ccccc2F)c1C#N. The van der Waals surface area contributed by atoms with E-state index >= 15 is 0 Å². The average molecular weight is 287 g/mol. The van der Waals surface area contributed by atoms with Gasteiger partial charge in [-0.25, -0.2) is 4.39 Å². The standard InChI is InChI=1S/C16H14FNOS/c1-2-20-16-9-5-8-15(13(16)10-18)19-11-12-6-3-4-7-14(12)17/h3-9H,2,11H2,1H3. The number of thioether (sulfide) groups is 1. The Kier molecular flexibility index (Phi) is 5.03. The first kappa shape index (κ1) is 14.4. The molecule has 102 valence electrons. The van der Waals surface area contributed by atoms with Gasteiger partial charge in [-0.2, -0.15) is 5.26 Å². The molecule has 4 heteroatoms. The molecule has 0 radical (unpaired) electrons. The molecule has 0 saturated carbocycles. The van der Waals surface area contributed by atoms with E-state index in [2.05, 4.69) is 6.07 Å². The lowest BCUT2D eigenvalue weighted by molar-refractivity contribution is 0.298. The van der Waals surface area contributed by atoms with Gasteiger partial charge in [-0.15, -0.1) is 11.8 Å². The first-order valence-corrected chi connectivity index (χ1v) is 7.27. The fourth-order valence-corrected chi connectivity index (χ4v) is 2.56. The molecule has 20 heavy (non-hydrogen) atoms. The van der Waals surface area contributed by atoms with Crippen LogP contribution in [0.2, 0.25) is 0 Å². The summed E-state index contributed by atoms with van der Waals surface area (Å²) in [6.45, 7) is 2.14. The van der Waals surface area contributed by atoms with E-state index in [0.717, 1.165) is 10.6 Å². The van der Waals surface area contributed by atoms with Crippen molar-refractivity contribution in [1.82, 2.24) is 0 Å². The Bertz CT molecular complexity index is 637. The number of hydrogen-bond donors (Lipinski definition) is 0. The van der Waals surface area contributed by atoms with Crippen LogP contribution in [0.15, 0.2) is 47.4 Å². The minimum atomic E-state index is -0.301. The number of halogens is 1. The maximum Gasteiger partial charge on any atom is 0.138 e. The number of benzene rings is 2. The summed E-state index contributed by atoms with van der Waals surface area (Å²) in [5.41, 5.74) is 0.987. The smallest absolute Gasteiger partial charge is 0.138 e. The molecule has 0 spiro atoms. The molecule has 0 fully saturated rings. The average Bonchev–Trinajstić information content (AvgIpc) is 2.47. The second kappa shape index (κ2) is 6.97. The molecule has 0 saturated heterocycles. The molecule has 2 nitrogen and oxygen atoms in total. The van der Waals surface area contributed by atoms with E-state index in [1.807, 2.05) is 19.1 Å². The highest BCUT2D eigenvalue weighted by molar-refractivity contribution is 7.99. The zero-order valence-electron chi connectivity index (χ0n) is 11.1. The molecule has 0 aromatic heterocycles. The Morgan fingerprint density at radius 1 is 1.20 bits per heavy atom. The van der Waals surface area contributed by atoms with Gasteiger partial charge in [0.25, 0.3) is 0 Å². The zero-order chi connectivity index (χ0) is 14.4. The van der Waals surface area contributed by atoms with Gasteiger partial charge in [0.1, 0.15) is 29.8 Å². The minimum absolute atomic E-state index is 0.113. The van der Waals surface area contributed by atoms with Gasteiger partial charge in [-0.3, -0.25) is 0 Å². The highest BCUT2D eigenvalue weighted by atomic mass is 32.2. The van der Waals surface area contributed by atoms with Crippen LogP contribution in [-0.2, 0) is 6.61 Å². The van der Waals surface area contributed by atoms with E-state index in [-0.39, 0.29) is 12.4 Å². The van der Waals surface area contributed by atoms with Crippen molar-refractivity contribution >= 4 is 11.8 Å². The molecule has 2 aromatic carbocycles. The Morgan fingerprint density at radius 2 is 2.00 bits per heavy atom. The predicted octanol–water partition coefficient (Wildman–Crippen LogP) is 4.39. The van der Waals surface area contributed by atoms with Gasteiger partial charge in [-0.05, 0) is 24.0 Å². The quantitative estimate of drug-likeness (QED) is 0.765. The summed E-state index contributed by atoms with van der Waals surface area (Å²) in [5, 5.41) is 9.26. The maximum atomic E-state index is 13.5. The first-order chi connectivity index (χ1) is 9.76. The van der Waals surface area contributed by atoms with Crippen LogP contribution in [0.5, 0.6) is 5.75 Å². The van der Waals surface area contributed by atoms with Crippen LogP contribution >= 0.6 is 11.8 Å². The molecule has 0 heterocycles. The van der Waals surface area contributed by atoms with Gasteiger partial charge in [0.2, 0.25) is 0 Å². The van der Waals surface area contributed by atoms with Gasteiger partial charge in [0, 0.05) is 10.5 Å². The predicted molar refractivity (Wildman–Crippen MR) is 78.3 cm³/mol. The molecule has 0 aliphatic carbocycles. The molecule has 0 amide bonds. The molecule has 0 aliphatic heterocycles. The van der Waals surface area contributed by atoms with E-state index in [0.29, 0.717) is 16.9 Å². The van der Waals surface area contributed by atoms with Crippen molar-refractivity contribution in [1.29, 1.82) is 5.26 Å². The van der Waals surface area contributed by atoms with Crippen molar-refractivity contribution in [2.24, 2.45) is 0 Å². The van der Waals surface area contributed by atoms with E-state index in [9.17, 15) is 9.65 Å². The molecule has 0 aliphatic rings. The van der Waals surface area contributed by atoms with Crippen LogP contribution in [0.1, 0.15) is 18.1 Å². The summed E-state index contributed by atoms with van der Waals surface area (Å²) < 4.78 is 19.1. The molecule has 0 bridgehead atoms. The monoisotopic (exact) mass is 287 g/mol. The van der Waals surface area contributed by atoms with Crippen LogP contribution in [-0.4, -0.2) is 5.75 Å². The molecule has 0 unspecified atom stereocenters. The van der Waals surface area contributed by atoms with Gasteiger partial charge >= 0.3 is 0 Å². The topological polar surface area (TPSA) is 33.0 Å². The number of nitrogens with zero attached hydrogens (tertiary/aromatic N) is 1. The number of hydrogen-bond acceptors (Lipinski definition) is 3. The van der Waals surface area contributed by atoms with E-state index < -0.39 is 0 Å². The normalized spacial score (nSPS) is 10.1. The zero-order valence-corrected chi connectivity index (χ0v) is 11.9. The van der Waals surface area contributed by atoms with Gasteiger partial charge in [0.05, 0.1) is 0 Å². The lowest BCUT2D eigenvalue weighted by Crippen LogP contribution is -2.00. The number of ether oxygens (including phenoxy) is 1. The molecule has 2 aromatic rings. The fraction of sp³-hybridized carbons (Fsp3) is 0.188. The number of nitriles is 1. The molecular formula is C16H14FNOS. The molecule has 0 atom stereocenters. The molecule has 0 N–H and O–H groups in total. The van der Waals surface area contributed by atoms with Crippen molar-refractivity contribution in [2.75, 3.05) is 5.75 Å². The Hall–Kier alpha value is -1.99. The van der Waals surface area contributed by atoms with Crippen LogP contribution in [0.4, 0.5) is 4.39 Å². The third-order valence-electron chi connectivity index (χ3n) is 2.74. The van der Waals surface area contributed by atoms with Crippen LogP contribution in [0, 0.1) is 17.1 Å². The summed E-state index contributed by atoms with van der Waals surface area (Å²) in [6, 6.07) is 14.1. The van der Waals surface area contributed by atoms with Gasteiger partial charge < -0.3 is 4.74 Å². The fourth-order valence-electron chi connectivity index (χ4n) is 1.79. The maximum absolute atomic E-state index is 13.5. The van der Waals surface area contributed by atoms with Crippen molar-refractivity contribution in [2.45, 2.75) is 18.4 Å². The van der Waals surface area contributed by atoms with Crippen LogP contribution in [0.3, 0.4) is 0 Å². The summed E-state index contributed by atoms with van der Waals surface area (Å²) >= 11 is 1.59. The summed E-state index contributed by atoms with van der Waals surface area (Å²) in [4.78, 5) is 0.890. The lowest BCUT2D eigenvalue weighted by Gasteiger charge is -2.11. The largest absolute Gasteiger partial charge is 0.487 e. The van der Waals surface area contributed by atoms with Crippen LogP contribution < -0.4 is 4.74 Å². The van der Waals surface area contributed by atoms with Crippen molar-refractivity contribution in [3.63, 3.8) is 0 Å². The third kappa shape index (κ3) is 3.31. The summed E-state index contributed by atoms with van der Waals surface area (Å²) in [6.07, 6.45) is 0. The van der Waals surface area contributed by atoms with E-state index in [4.69, 9.17) is 4.74 Å². The summed E-state index contributed by atoms with van der Waals surface area (Å²) in [5.74, 6) is 1.07. The highest BCUT2D eigenvalue weighted by Gasteiger charge is 2.10. The second-order valence-electron chi connectivity index (χ2n) is 4.05. The second-order valence-corrected chi connectivity index (χ2v) is 5.36. The first-order valence-electron chi connectivity index (χ1n) is 6.28. The Labute approximate surface area is 122 Å². The van der Waals surface area contributed by atoms with Gasteiger partial charge in [-0.1, -0.05) is 31.2 Å². The van der Waals surface area contributed by atoms with Crippen molar-refractivity contribution in [3.8, 4) is 11.8 Å². The lowest BCUT2D eigenvalue weighted by atomic mass is 10.2. The Morgan fingerprint density at radius 3 is 2.70 bits per heavy atom. The highest BCUT2D eigenvalue weighted by Crippen LogP contribution is 2.29. The van der Waals surface area contributed by atoms with E-state index in [1.165, 1.54) is 6.07 Å². The van der Waals surface area contributed by atoms with Gasteiger partial charge in [0.15, 0.2) is 0 Å². The van der Waals surface area contributed by atoms with Crippen molar-refractivity contribution < 1.29 is 9.13 Å². The van der Waals surface area contributed by atoms with Crippen LogP contribution in [0.25, 0.3) is 0 Å². The van der Waals surface area contributed by atoms with E-state index in [1.54, 1.807) is 36.0 Å². The molecular weight excluding hydrogens is 273 g/mol. The van der Waals surface area contributed by atoms with Crippen molar-refractivity contribution in [3.05, 3.63) is 59.4 Å². The minimum Gasteiger partial charge on any atom is -0.487 e. The summed E-state index contributed by atoms with van der Waals surface area (Å²) in [7, 11) is 0.